The van der Waals surface area contributed by atoms with Crippen molar-refractivity contribution in [1.82, 2.24) is 0 Å². The highest BCUT2D eigenvalue weighted by molar-refractivity contribution is 5.46. The minimum absolute atomic E-state index is 0.199. The second-order valence-corrected chi connectivity index (χ2v) is 6.92. The maximum atomic E-state index is 12.1. The Hall–Kier alpha value is -2.58. The Morgan fingerprint density at radius 3 is 2.12 bits per heavy atom. The van der Waals surface area contributed by atoms with Gasteiger partial charge in [0.05, 0.1) is 5.76 Å². The summed E-state index contributed by atoms with van der Waals surface area (Å²) in [5.41, 5.74) is 1.61. The molecule has 2 heteroatoms. The van der Waals surface area contributed by atoms with Gasteiger partial charge in [0.15, 0.2) is 0 Å². The molecule has 0 saturated heterocycles. The molecule has 4 atom stereocenters. The van der Waals surface area contributed by atoms with E-state index in [1.807, 2.05) is 91.9 Å². The van der Waals surface area contributed by atoms with E-state index in [-0.39, 0.29) is 17.8 Å². The lowest BCUT2D eigenvalue weighted by atomic mass is 9.58. The van der Waals surface area contributed by atoms with Crippen LogP contribution in [0, 0.1) is 11.8 Å². The average Bonchev–Trinajstić information content (AvgIpc) is 2.68. The third-order valence-corrected chi connectivity index (χ3v) is 5.61. The summed E-state index contributed by atoms with van der Waals surface area (Å²) in [6, 6.07) is 19.8. The standard InChI is InChI=1S/C23H22O2/c1-16-21(17-10-4-2-5-11-17)23(25,18-12-6-3-7-13-18)20-15-9-8-14-19(20)22(16)24/h2-15,19-21,24-25H,1H3/t19-,20-,21+,23-/m1/s1. The van der Waals surface area contributed by atoms with E-state index in [1.54, 1.807) is 0 Å². The summed E-state index contributed by atoms with van der Waals surface area (Å²) in [7, 11) is 0. The zero-order valence-corrected chi connectivity index (χ0v) is 14.2. The van der Waals surface area contributed by atoms with Crippen molar-refractivity contribution in [3.05, 3.63) is 107 Å². The first-order valence-electron chi connectivity index (χ1n) is 8.71. The second kappa shape index (κ2) is 6.05. The highest BCUT2D eigenvalue weighted by atomic mass is 16.3. The van der Waals surface area contributed by atoms with E-state index < -0.39 is 5.60 Å². The highest BCUT2D eigenvalue weighted by Gasteiger charge is 2.53. The van der Waals surface area contributed by atoms with Gasteiger partial charge in [-0.1, -0.05) is 85.0 Å². The molecule has 126 valence electrons. The van der Waals surface area contributed by atoms with Gasteiger partial charge < -0.3 is 10.2 Å². The van der Waals surface area contributed by atoms with Crippen molar-refractivity contribution in [3.8, 4) is 0 Å². The average molecular weight is 330 g/mol. The molecule has 0 aromatic heterocycles. The van der Waals surface area contributed by atoms with Crippen molar-refractivity contribution in [1.29, 1.82) is 0 Å². The molecule has 0 aliphatic heterocycles. The largest absolute Gasteiger partial charge is 0.512 e. The fourth-order valence-electron chi connectivity index (χ4n) is 4.44. The Balaban J connectivity index is 1.99. The SMILES string of the molecule is CC1=C(O)[C@@H]2C=CC=C[C@H]2[C@](O)(c2ccccc2)[C@@H]1c1ccccc1. The molecule has 0 spiro atoms. The van der Waals surface area contributed by atoms with Crippen LogP contribution >= 0.6 is 0 Å². The van der Waals surface area contributed by atoms with Gasteiger partial charge in [-0.05, 0) is 23.6 Å². The van der Waals surface area contributed by atoms with E-state index in [2.05, 4.69) is 0 Å². The van der Waals surface area contributed by atoms with Crippen LogP contribution in [0.3, 0.4) is 0 Å². The molecule has 0 unspecified atom stereocenters. The van der Waals surface area contributed by atoms with E-state index in [4.69, 9.17) is 0 Å². The normalized spacial score (nSPS) is 31.0. The fraction of sp³-hybridized carbons (Fsp3) is 0.217. The summed E-state index contributed by atoms with van der Waals surface area (Å²) in [5, 5.41) is 23.0. The van der Waals surface area contributed by atoms with Gasteiger partial charge >= 0.3 is 0 Å². The lowest BCUT2D eigenvalue weighted by molar-refractivity contribution is -0.0491. The summed E-state index contributed by atoms with van der Waals surface area (Å²) in [6.07, 6.45) is 7.92. The molecule has 0 bridgehead atoms. The van der Waals surface area contributed by atoms with Crippen LogP contribution < -0.4 is 0 Å². The van der Waals surface area contributed by atoms with Crippen LogP contribution in [0.25, 0.3) is 0 Å². The summed E-state index contributed by atoms with van der Waals surface area (Å²) in [6.45, 7) is 1.93. The number of allylic oxidation sites excluding steroid dienone is 3. The summed E-state index contributed by atoms with van der Waals surface area (Å²) in [5.74, 6) is -0.336. The lowest BCUT2D eigenvalue weighted by Crippen LogP contribution is -2.48. The molecule has 0 radical (unpaired) electrons. The summed E-state index contributed by atoms with van der Waals surface area (Å²) in [4.78, 5) is 0. The van der Waals surface area contributed by atoms with E-state index in [9.17, 15) is 10.2 Å². The Bertz CT molecular complexity index is 848. The van der Waals surface area contributed by atoms with E-state index in [1.165, 1.54) is 0 Å². The minimum atomic E-state index is -1.12. The Morgan fingerprint density at radius 2 is 1.44 bits per heavy atom. The van der Waals surface area contributed by atoms with Gasteiger partial charge in [0, 0.05) is 17.8 Å². The Labute approximate surface area is 148 Å². The highest BCUT2D eigenvalue weighted by Crippen LogP contribution is 2.55. The second-order valence-electron chi connectivity index (χ2n) is 6.92. The first-order chi connectivity index (χ1) is 12.1. The molecule has 25 heavy (non-hydrogen) atoms. The summed E-state index contributed by atoms with van der Waals surface area (Å²) < 4.78 is 0. The number of benzene rings is 2. The van der Waals surface area contributed by atoms with Gasteiger partial charge in [-0.15, -0.1) is 0 Å². The van der Waals surface area contributed by atoms with Gasteiger partial charge in [0.1, 0.15) is 5.60 Å². The van der Waals surface area contributed by atoms with Gasteiger partial charge in [0.25, 0.3) is 0 Å². The molecular formula is C23H22O2. The van der Waals surface area contributed by atoms with Crippen LogP contribution in [0.2, 0.25) is 0 Å². The predicted octanol–water partition coefficient (Wildman–Crippen LogP) is 4.86. The van der Waals surface area contributed by atoms with Crippen LogP contribution in [-0.4, -0.2) is 10.2 Å². The molecule has 0 fully saturated rings. The zero-order chi connectivity index (χ0) is 17.4. The molecule has 4 rings (SSSR count). The van der Waals surface area contributed by atoms with Crippen molar-refractivity contribution in [3.63, 3.8) is 0 Å². The molecule has 0 heterocycles. The van der Waals surface area contributed by atoms with Gasteiger partial charge in [-0.2, -0.15) is 0 Å². The molecule has 2 aromatic carbocycles. The van der Waals surface area contributed by atoms with Crippen LogP contribution in [0.15, 0.2) is 96.3 Å². The topological polar surface area (TPSA) is 40.5 Å². The number of hydrogen-bond donors (Lipinski definition) is 2. The maximum absolute atomic E-state index is 12.1. The van der Waals surface area contributed by atoms with Crippen LogP contribution in [-0.2, 0) is 5.60 Å². The first-order valence-corrected chi connectivity index (χ1v) is 8.71. The molecule has 2 aliphatic rings. The molecule has 2 aliphatic carbocycles. The van der Waals surface area contributed by atoms with Crippen LogP contribution in [0.4, 0.5) is 0 Å². The van der Waals surface area contributed by atoms with Crippen molar-refractivity contribution < 1.29 is 10.2 Å². The Morgan fingerprint density at radius 1 is 0.840 bits per heavy atom. The van der Waals surface area contributed by atoms with Crippen molar-refractivity contribution in [2.24, 2.45) is 11.8 Å². The van der Waals surface area contributed by atoms with Gasteiger partial charge in [-0.25, -0.2) is 0 Å². The minimum Gasteiger partial charge on any atom is -0.512 e. The smallest absolute Gasteiger partial charge is 0.107 e. The fourth-order valence-corrected chi connectivity index (χ4v) is 4.44. The molecule has 0 saturated carbocycles. The first kappa shape index (κ1) is 15.9. The van der Waals surface area contributed by atoms with Crippen molar-refractivity contribution in [2.45, 2.75) is 18.4 Å². The number of fused-ring (bicyclic) bond motifs is 1. The molecule has 2 N–H and O–H groups in total. The molecular weight excluding hydrogens is 308 g/mol. The molecule has 2 nitrogen and oxygen atoms in total. The maximum Gasteiger partial charge on any atom is 0.107 e. The van der Waals surface area contributed by atoms with E-state index >= 15 is 0 Å². The van der Waals surface area contributed by atoms with E-state index in [0.29, 0.717) is 5.76 Å². The van der Waals surface area contributed by atoms with Crippen molar-refractivity contribution in [2.75, 3.05) is 0 Å². The number of aliphatic hydroxyl groups is 2. The van der Waals surface area contributed by atoms with E-state index in [0.717, 1.165) is 16.7 Å². The van der Waals surface area contributed by atoms with Gasteiger partial charge in [0.2, 0.25) is 0 Å². The molecule has 2 aromatic rings. The Kier molecular flexibility index (Phi) is 3.85. The zero-order valence-electron chi connectivity index (χ0n) is 14.2. The predicted molar refractivity (Wildman–Crippen MR) is 100 cm³/mol. The molecule has 0 amide bonds. The summed E-state index contributed by atoms with van der Waals surface area (Å²) >= 11 is 0. The van der Waals surface area contributed by atoms with Crippen LogP contribution in [0.5, 0.6) is 0 Å². The monoisotopic (exact) mass is 330 g/mol. The number of rotatable bonds is 2. The van der Waals surface area contributed by atoms with Gasteiger partial charge in [-0.3, -0.25) is 0 Å². The third-order valence-electron chi connectivity index (χ3n) is 5.61. The lowest BCUT2D eigenvalue weighted by Gasteiger charge is -2.49. The van der Waals surface area contributed by atoms with Crippen LogP contribution in [0.1, 0.15) is 24.0 Å². The number of hydrogen-bond acceptors (Lipinski definition) is 2. The van der Waals surface area contributed by atoms with Crippen molar-refractivity contribution >= 4 is 0 Å². The number of aliphatic hydroxyl groups excluding tert-OH is 1. The third kappa shape index (κ3) is 2.37. The quantitative estimate of drug-likeness (QED) is 0.825.